The van der Waals surface area contributed by atoms with E-state index in [0.717, 1.165) is 18.4 Å². The van der Waals surface area contributed by atoms with Gasteiger partial charge in [0.1, 0.15) is 4.90 Å². The Bertz CT molecular complexity index is 1190. The zero-order valence-corrected chi connectivity index (χ0v) is 19.8. The van der Waals surface area contributed by atoms with Gasteiger partial charge < -0.3 is 10.4 Å². The van der Waals surface area contributed by atoms with Crippen LogP contribution in [-0.2, 0) is 16.4 Å². The van der Waals surface area contributed by atoms with Gasteiger partial charge in [-0.25, -0.2) is 31.5 Å². The first-order valence-electron chi connectivity index (χ1n) is 10.7. The summed E-state index contributed by atoms with van der Waals surface area (Å²) < 4.78 is 69.1. The van der Waals surface area contributed by atoms with Crippen LogP contribution in [-0.4, -0.2) is 31.3 Å². The number of carbonyl (C=O) groups is 1. The van der Waals surface area contributed by atoms with Gasteiger partial charge in [-0.3, -0.25) is 0 Å². The lowest BCUT2D eigenvalue weighted by Gasteiger charge is -2.23. The molecule has 184 valence electrons. The lowest BCUT2D eigenvalue weighted by Crippen LogP contribution is -2.25. The number of hydrogen-bond donors (Lipinski definition) is 3. The van der Waals surface area contributed by atoms with Gasteiger partial charge in [0.25, 0.3) is 0 Å². The lowest BCUT2D eigenvalue weighted by molar-refractivity contribution is 0.0697. The molecular formula is C23H25F3N2O4S2. The highest BCUT2D eigenvalue weighted by atomic mass is 32.2. The van der Waals surface area contributed by atoms with Crippen LogP contribution in [0.1, 0.15) is 48.0 Å². The van der Waals surface area contributed by atoms with Crippen molar-refractivity contribution in [2.45, 2.75) is 54.4 Å². The van der Waals surface area contributed by atoms with Crippen molar-refractivity contribution >= 4 is 33.4 Å². The van der Waals surface area contributed by atoms with Crippen molar-refractivity contribution in [2.24, 2.45) is 5.14 Å². The minimum absolute atomic E-state index is 0.106. The van der Waals surface area contributed by atoms with Gasteiger partial charge in [-0.1, -0.05) is 24.3 Å². The second-order valence-electron chi connectivity index (χ2n) is 7.94. The number of allylic oxidation sites excluding steroid dienone is 2. The number of benzene rings is 2. The number of primary sulfonamides is 1. The zero-order valence-electron chi connectivity index (χ0n) is 18.2. The van der Waals surface area contributed by atoms with Crippen LogP contribution >= 0.6 is 11.8 Å². The minimum atomic E-state index is -4.76. The average molecular weight is 515 g/mol. The molecule has 2 aromatic carbocycles. The quantitative estimate of drug-likeness (QED) is 0.257. The Morgan fingerprint density at radius 3 is 2.38 bits per heavy atom. The van der Waals surface area contributed by atoms with Gasteiger partial charge in [-0.2, -0.15) is 0 Å². The fourth-order valence-electron chi connectivity index (χ4n) is 3.73. The average Bonchev–Trinajstić information content (AvgIpc) is 2.75. The Morgan fingerprint density at radius 1 is 1.06 bits per heavy atom. The Kier molecular flexibility index (Phi) is 8.67. The highest BCUT2D eigenvalue weighted by molar-refractivity contribution is 7.99. The van der Waals surface area contributed by atoms with Crippen molar-refractivity contribution in [3.8, 4) is 0 Å². The summed E-state index contributed by atoms with van der Waals surface area (Å²) in [6, 6.07) is 5.65. The number of rotatable bonds is 8. The first kappa shape index (κ1) is 26.1. The summed E-state index contributed by atoms with van der Waals surface area (Å²) in [6.45, 7) is 0. The molecule has 4 N–H and O–H groups in total. The molecule has 0 saturated carbocycles. The number of aromatic carboxylic acids is 1. The molecule has 3 rings (SSSR count). The van der Waals surface area contributed by atoms with Crippen LogP contribution in [0.15, 0.2) is 46.2 Å². The van der Waals surface area contributed by atoms with Gasteiger partial charge >= 0.3 is 5.97 Å². The topological polar surface area (TPSA) is 109 Å². The van der Waals surface area contributed by atoms with Crippen LogP contribution in [0, 0.1) is 17.5 Å². The molecule has 0 spiro atoms. The molecule has 1 aliphatic rings. The first-order valence-corrected chi connectivity index (χ1v) is 13.2. The van der Waals surface area contributed by atoms with E-state index >= 15 is 4.39 Å². The molecule has 0 bridgehead atoms. The van der Waals surface area contributed by atoms with Gasteiger partial charge in [0.2, 0.25) is 10.0 Å². The number of halogens is 3. The van der Waals surface area contributed by atoms with E-state index in [1.165, 1.54) is 12.1 Å². The van der Waals surface area contributed by atoms with Crippen LogP contribution < -0.4 is 10.5 Å². The third kappa shape index (κ3) is 6.34. The Morgan fingerprint density at radius 2 is 1.74 bits per heavy atom. The van der Waals surface area contributed by atoms with Crippen molar-refractivity contribution in [1.29, 1.82) is 0 Å². The Hall–Kier alpha value is -2.50. The molecule has 0 fully saturated rings. The minimum Gasteiger partial charge on any atom is -0.478 e. The van der Waals surface area contributed by atoms with E-state index in [9.17, 15) is 22.0 Å². The molecule has 0 aromatic heterocycles. The van der Waals surface area contributed by atoms with E-state index in [1.807, 2.05) is 12.2 Å². The van der Waals surface area contributed by atoms with Crippen LogP contribution in [0.2, 0.25) is 0 Å². The molecule has 2 aromatic rings. The van der Waals surface area contributed by atoms with Crippen molar-refractivity contribution < 1.29 is 31.5 Å². The molecule has 0 aliphatic heterocycles. The van der Waals surface area contributed by atoms with E-state index in [2.05, 4.69) is 5.32 Å². The highest BCUT2D eigenvalue weighted by Gasteiger charge is 2.32. The maximum absolute atomic E-state index is 15.4. The predicted octanol–water partition coefficient (Wildman–Crippen LogP) is 5.09. The van der Waals surface area contributed by atoms with Gasteiger partial charge in [0.05, 0.1) is 16.1 Å². The van der Waals surface area contributed by atoms with Crippen molar-refractivity contribution in [3.05, 3.63) is 65.0 Å². The SMILES string of the molecule is NS(=O)(=O)c1c(F)c(F)c(SCCc2ccc(C(=O)O)cc2)c(F)c1N[C@H]1CC/C=C/CCC1. The van der Waals surface area contributed by atoms with Crippen molar-refractivity contribution in [1.82, 2.24) is 0 Å². The maximum atomic E-state index is 15.4. The standard InChI is InChI=1S/C23H25F3N2O4S2/c24-17-18(25)22(34(27,31)32)20(28-16-6-4-2-1-3-5-7-16)19(26)21(17)33-13-12-14-8-10-15(11-9-14)23(29)30/h1-2,8-11,16,28H,3-7,12-13H2,(H,29,30)(H2,27,31,32)/b2-1+/t16-/m0/s1. The Balaban J connectivity index is 1.88. The molecule has 1 atom stereocenters. The maximum Gasteiger partial charge on any atom is 0.335 e. The van der Waals surface area contributed by atoms with Crippen LogP contribution in [0.25, 0.3) is 0 Å². The second kappa shape index (κ2) is 11.3. The van der Waals surface area contributed by atoms with Crippen LogP contribution in [0.3, 0.4) is 0 Å². The molecule has 0 saturated heterocycles. The van der Waals surface area contributed by atoms with Gasteiger partial charge in [-0.15, -0.1) is 11.8 Å². The molecule has 0 amide bonds. The molecule has 1 aliphatic carbocycles. The number of aryl methyl sites for hydroxylation is 1. The number of carboxylic acid groups (broad SMARTS) is 1. The normalized spacial score (nSPS) is 17.6. The highest BCUT2D eigenvalue weighted by Crippen LogP contribution is 2.38. The molecule has 6 nitrogen and oxygen atoms in total. The molecule has 0 radical (unpaired) electrons. The number of anilines is 1. The largest absolute Gasteiger partial charge is 0.478 e. The molecule has 11 heteroatoms. The fourth-order valence-corrected chi connectivity index (χ4v) is 5.49. The van der Waals surface area contributed by atoms with Gasteiger partial charge in [0.15, 0.2) is 17.5 Å². The van der Waals surface area contributed by atoms with E-state index in [-0.39, 0.29) is 17.4 Å². The summed E-state index contributed by atoms with van der Waals surface area (Å²) in [7, 11) is -4.76. The second-order valence-corrected chi connectivity index (χ2v) is 10.5. The first-order chi connectivity index (χ1) is 16.1. The molecule has 34 heavy (non-hydrogen) atoms. The molecule has 0 unspecified atom stereocenters. The van der Waals surface area contributed by atoms with Crippen LogP contribution in [0.5, 0.6) is 0 Å². The van der Waals surface area contributed by atoms with Gasteiger partial charge in [-0.05, 0) is 56.2 Å². The number of thioether (sulfide) groups is 1. The third-order valence-corrected chi connectivity index (χ3v) is 7.49. The number of nitrogens with one attached hydrogen (secondary N) is 1. The predicted molar refractivity (Wildman–Crippen MR) is 125 cm³/mol. The summed E-state index contributed by atoms with van der Waals surface area (Å²) in [6.07, 6.45) is 7.75. The van der Waals surface area contributed by atoms with Gasteiger partial charge in [0, 0.05) is 11.8 Å². The monoisotopic (exact) mass is 514 g/mol. The molecule has 0 heterocycles. The lowest BCUT2D eigenvalue weighted by atomic mass is 10.0. The van der Waals surface area contributed by atoms with E-state index < -0.39 is 48.9 Å². The number of nitrogens with two attached hydrogens (primary N) is 1. The number of carboxylic acids is 1. The zero-order chi connectivity index (χ0) is 24.9. The summed E-state index contributed by atoms with van der Waals surface area (Å²) in [5.74, 6) is -5.46. The number of hydrogen-bond acceptors (Lipinski definition) is 5. The van der Waals surface area contributed by atoms with E-state index in [4.69, 9.17) is 10.2 Å². The van der Waals surface area contributed by atoms with E-state index in [0.29, 0.717) is 37.4 Å². The third-order valence-electron chi connectivity index (χ3n) is 5.48. The van der Waals surface area contributed by atoms with Crippen molar-refractivity contribution in [2.75, 3.05) is 11.1 Å². The smallest absolute Gasteiger partial charge is 0.335 e. The fraction of sp³-hybridized carbons (Fsp3) is 0.348. The van der Waals surface area contributed by atoms with Crippen molar-refractivity contribution in [3.63, 3.8) is 0 Å². The summed E-state index contributed by atoms with van der Waals surface area (Å²) in [5.41, 5.74) is 0.180. The number of sulfonamides is 1. The van der Waals surface area contributed by atoms with E-state index in [1.54, 1.807) is 12.1 Å². The molecular weight excluding hydrogens is 489 g/mol. The summed E-state index contributed by atoms with van der Waals surface area (Å²) in [4.78, 5) is 9.09. The van der Waals surface area contributed by atoms with Crippen LogP contribution in [0.4, 0.5) is 18.9 Å². The Labute approximate surface area is 200 Å². The summed E-state index contributed by atoms with van der Waals surface area (Å²) in [5, 5.41) is 16.9. The summed E-state index contributed by atoms with van der Waals surface area (Å²) >= 11 is 0.703.